The van der Waals surface area contributed by atoms with E-state index in [4.69, 9.17) is 5.73 Å². The minimum atomic E-state index is -0.0781. The molecule has 50 valence electrons. The van der Waals surface area contributed by atoms with E-state index < -0.39 is 0 Å². The third kappa shape index (κ3) is 1.28. The molecular formula is C6H10N2O. The summed E-state index contributed by atoms with van der Waals surface area (Å²) in [6.07, 6.45) is 1.41. The van der Waals surface area contributed by atoms with Crippen molar-refractivity contribution < 1.29 is 4.79 Å². The smallest absolute Gasteiger partial charge is 0.247 e. The van der Waals surface area contributed by atoms with E-state index in [0.717, 1.165) is 6.42 Å². The number of hydrogen-bond acceptors (Lipinski definition) is 2. The normalized spacial score (nSPS) is 27.9. The van der Waals surface area contributed by atoms with Crippen LogP contribution in [0.2, 0.25) is 0 Å². The number of aliphatic imine (C=N–C) groups is 1. The molecule has 0 aromatic rings. The highest BCUT2D eigenvalue weighted by Gasteiger charge is 2.15. The van der Waals surface area contributed by atoms with Crippen molar-refractivity contribution >= 4 is 11.7 Å². The first-order valence-corrected chi connectivity index (χ1v) is 3.07. The van der Waals surface area contributed by atoms with E-state index >= 15 is 0 Å². The Kier molecular flexibility index (Phi) is 1.51. The molecule has 1 rings (SSSR count). The average Bonchev–Trinajstić information content (AvgIpc) is 1.80. The van der Waals surface area contributed by atoms with Gasteiger partial charge in [-0.3, -0.25) is 4.79 Å². The van der Waals surface area contributed by atoms with Gasteiger partial charge >= 0.3 is 0 Å². The molecule has 9 heavy (non-hydrogen) atoms. The molecule has 1 aliphatic heterocycles. The molecule has 0 fully saturated rings. The Morgan fingerprint density at radius 3 is 2.89 bits per heavy atom. The van der Waals surface area contributed by atoms with Crippen LogP contribution in [0, 0.1) is 5.92 Å². The summed E-state index contributed by atoms with van der Waals surface area (Å²) in [6, 6.07) is 0. The summed E-state index contributed by atoms with van der Waals surface area (Å²) in [6.45, 7) is 1.98. The zero-order valence-electron chi connectivity index (χ0n) is 5.42. The molecule has 1 atom stereocenters. The number of hydrogen-bond donors (Lipinski definition) is 1. The third-order valence-electron chi connectivity index (χ3n) is 1.55. The molecule has 3 heteroatoms. The van der Waals surface area contributed by atoms with Gasteiger partial charge in [-0.25, -0.2) is 4.99 Å². The maximum absolute atomic E-state index is 10.6. The Labute approximate surface area is 54.0 Å². The van der Waals surface area contributed by atoms with Gasteiger partial charge in [0.2, 0.25) is 5.91 Å². The van der Waals surface area contributed by atoms with Crippen molar-refractivity contribution in [1.29, 1.82) is 0 Å². The molecule has 1 unspecified atom stereocenters. The van der Waals surface area contributed by atoms with E-state index in [1.807, 2.05) is 6.92 Å². The lowest BCUT2D eigenvalue weighted by Crippen LogP contribution is -2.27. The van der Waals surface area contributed by atoms with Crippen molar-refractivity contribution in [1.82, 2.24) is 0 Å². The summed E-state index contributed by atoms with van der Waals surface area (Å²) < 4.78 is 0. The quantitative estimate of drug-likeness (QED) is 0.507. The Morgan fingerprint density at radius 2 is 2.44 bits per heavy atom. The number of carbonyl (C=O) groups excluding carboxylic acids is 1. The predicted molar refractivity (Wildman–Crippen MR) is 35.0 cm³/mol. The molecule has 0 saturated carbocycles. The monoisotopic (exact) mass is 126 g/mol. The third-order valence-corrected chi connectivity index (χ3v) is 1.55. The minimum absolute atomic E-state index is 0.0781. The fourth-order valence-electron chi connectivity index (χ4n) is 0.798. The fraction of sp³-hybridized carbons (Fsp3) is 0.667. The Hall–Kier alpha value is -0.860. The van der Waals surface area contributed by atoms with Crippen molar-refractivity contribution in [2.75, 3.05) is 0 Å². The predicted octanol–water partition coefficient (Wildman–Crippen LogP) is 0.300. The van der Waals surface area contributed by atoms with E-state index in [2.05, 4.69) is 4.99 Å². The van der Waals surface area contributed by atoms with Crippen LogP contribution in [0.4, 0.5) is 0 Å². The van der Waals surface area contributed by atoms with Crippen LogP contribution in [0.15, 0.2) is 4.99 Å². The number of amidine groups is 1. The van der Waals surface area contributed by atoms with Gasteiger partial charge in [-0.15, -0.1) is 0 Å². The van der Waals surface area contributed by atoms with Gasteiger partial charge in [0, 0.05) is 12.3 Å². The fourth-order valence-corrected chi connectivity index (χ4v) is 0.798. The van der Waals surface area contributed by atoms with Crippen LogP contribution in [0.5, 0.6) is 0 Å². The van der Waals surface area contributed by atoms with Gasteiger partial charge in [0.1, 0.15) is 5.84 Å². The molecule has 0 bridgehead atoms. The van der Waals surface area contributed by atoms with Gasteiger partial charge in [0.05, 0.1) is 0 Å². The van der Waals surface area contributed by atoms with Gasteiger partial charge in [0.15, 0.2) is 0 Å². The second-order valence-electron chi connectivity index (χ2n) is 2.37. The summed E-state index contributed by atoms with van der Waals surface area (Å²) in [5.74, 6) is 0.708. The highest BCUT2D eigenvalue weighted by molar-refractivity contribution is 5.96. The van der Waals surface area contributed by atoms with Crippen LogP contribution in [0.1, 0.15) is 19.8 Å². The van der Waals surface area contributed by atoms with E-state index in [0.29, 0.717) is 18.2 Å². The number of nitrogens with two attached hydrogens (primary N) is 1. The van der Waals surface area contributed by atoms with Crippen LogP contribution >= 0.6 is 0 Å². The molecule has 3 nitrogen and oxygen atoms in total. The highest BCUT2D eigenvalue weighted by Crippen LogP contribution is 2.11. The second kappa shape index (κ2) is 2.17. The Balaban J connectivity index is 2.72. The highest BCUT2D eigenvalue weighted by atomic mass is 16.1. The van der Waals surface area contributed by atoms with Crippen LogP contribution in [-0.2, 0) is 4.79 Å². The molecule has 1 heterocycles. The largest absolute Gasteiger partial charge is 0.387 e. The molecule has 2 N–H and O–H groups in total. The maximum Gasteiger partial charge on any atom is 0.247 e. The van der Waals surface area contributed by atoms with Crippen LogP contribution < -0.4 is 5.73 Å². The molecule has 0 radical (unpaired) electrons. The summed E-state index contributed by atoms with van der Waals surface area (Å²) in [5, 5.41) is 0. The number of nitrogens with zero attached hydrogens (tertiary/aromatic N) is 1. The summed E-state index contributed by atoms with van der Waals surface area (Å²) in [7, 11) is 0. The second-order valence-corrected chi connectivity index (χ2v) is 2.37. The Morgan fingerprint density at radius 1 is 1.78 bits per heavy atom. The molecule has 1 amide bonds. The molecule has 0 saturated heterocycles. The minimum Gasteiger partial charge on any atom is -0.387 e. The number of rotatable bonds is 0. The van der Waals surface area contributed by atoms with Crippen LogP contribution in [0.3, 0.4) is 0 Å². The molecular weight excluding hydrogens is 116 g/mol. The SMILES string of the molecule is CC1CCC(=O)N=C1N. The standard InChI is InChI=1S/C6H10N2O/c1-4-2-3-5(9)8-6(4)7/h4H,2-3H2,1H3,(H2,7,8,9). The zero-order chi connectivity index (χ0) is 6.85. The molecule has 0 aliphatic carbocycles. The van der Waals surface area contributed by atoms with Crippen molar-refractivity contribution in [3.05, 3.63) is 0 Å². The van der Waals surface area contributed by atoms with Gasteiger partial charge in [0.25, 0.3) is 0 Å². The number of carbonyl (C=O) groups is 1. The first-order chi connectivity index (χ1) is 4.20. The molecule has 0 spiro atoms. The molecule has 0 aromatic carbocycles. The van der Waals surface area contributed by atoms with Crippen molar-refractivity contribution in [3.63, 3.8) is 0 Å². The summed E-state index contributed by atoms with van der Waals surface area (Å²) in [5.41, 5.74) is 5.40. The van der Waals surface area contributed by atoms with Gasteiger partial charge < -0.3 is 5.73 Å². The van der Waals surface area contributed by atoms with Gasteiger partial charge in [-0.05, 0) is 6.42 Å². The van der Waals surface area contributed by atoms with Crippen LogP contribution in [-0.4, -0.2) is 11.7 Å². The maximum atomic E-state index is 10.6. The summed E-state index contributed by atoms with van der Waals surface area (Å²) >= 11 is 0. The van der Waals surface area contributed by atoms with Crippen molar-refractivity contribution in [3.8, 4) is 0 Å². The zero-order valence-corrected chi connectivity index (χ0v) is 5.42. The average molecular weight is 126 g/mol. The first kappa shape index (κ1) is 6.26. The van der Waals surface area contributed by atoms with Gasteiger partial charge in [-0.2, -0.15) is 0 Å². The molecule has 0 aromatic heterocycles. The first-order valence-electron chi connectivity index (χ1n) is 3.07. The lowest BCUT2D eigenvalue weighted by Gasteiger charge is -2.13. The summed E-state index contributed by atoms with van der Waals surface area (Å²) in [4.78, 5) is 14.2. The lowest BCUT2D eigenvalue weighted by atomic mass is 10.0. The van der Waals surface area contributed by atoms with E-state index in [-0.39, 0.29) is 5.91 Å². The number of amides is 1. The van der Waals surface area contributed by atoms with Gasteiger partial charge in [-0.1, -0.05) is 6.92 Å². The van der Waals surface area contributed by atoms with Crippen LogP contribution in [0.25, 0.3) is 0 Å². The van der Waals surface area contributed by atoms with E-state index in [1.165, 1.54) is 0 Å². The van der Waals surface area contributed by atoms with E-state index in [1.54, 1.807) is 0 Å². The van der Waals surface area contributed by atoms with Crippen molar-refractivity contribution in [2.45, 2.75) is 19.8 Å². The molecule has 1 aliphatic rings. The topological polar surface area (TPSA) is 55.5 Å². The van der Waals surface area contributed by atoms with Crippen molar-refractivity contribution in [2.24, 2.45) is 16.6 Å². The lowest BCUT2D eigenvalue weighted by molar-refractivity contribution is -0.118. The van der Waals surface area contributed by atoms with E-state index in [9.17, 15) is 4.79 Å². The Bertz CT molecular complexity index is 162.